The Morgan fingerprint density at radius 2 is 1.66 bits per heavy atom. The van der Waals surface area contributed by atoms with Gasteiger partial charge in [0, 0.05) is 46.7 Å². The number of hydrazine groups is 1. The Morgan fingerprint density at radius 3 is 2.34 bits per heavy atom. The molecule has 0 radical (unpaired) electrons. The van der Waals surface area contributed by atoms with Crippen molar-refractivity contribution in [3.05, 3.63) is 135 Å². The Hall–Kier alpha value is -3.88. The molecule has 2 atom stereocenters. The van der Waals surface area contributed by atoms with Crippen LogP contribution in [0.5, 0.6) is 5.75 Å². The van der Waals surface area contributed by atoms with E-state index in [9.17, 15) is 4.79 Å². The van der Waals surface area contributed by atoms with Crippen LogP contribution < -0.4 is 15.6 Å². The summed E-state index contributed by atoms with van der Waals surface area (Å²) in [6.07, 6.45) is 1.59. The standard InChI is InChI=1S/C35H33Cl2N3O4/c36-27-13-16-30(31(37)21-27)32-35(22-23-7-2-1-3-8-23,34(42)40-39-28-19-25-9-4-5-10-26(25)20-28)38-33(44-32)24-11-14-29(15-12-24)43-18-6-17-41/h1-5,7-16,21,28,32,39,41H,6,17-20,22H2,(H,40,42)/t32-,35-/m0/s1. The largest absolute Gasteiger partial charge is 0.494 e. The maximum Gasteiger partial charge on any atom is 0.266 e. The summed E-state index contributed by atoms with van der Waals surface area (Å²) in [6, 6.07) is 30.6. The summed E-state index contributed by atoms with van der Waals surface area (Å²) in [5, 5.41) is 9.93. The van der Waals surface area contributed by atoms with E-state index in [1.54, 1.807) is 18.2 Å². The van der Waals surface area contributed by atoms with Crippen LogP contribution in [-0.2, 0) is 28.8 Å². The molecule has 0 unspecified atom stereocenters. The van der Waals surface area contributed by atoms with Crippen molar-refractivity contribution in [1.82, 2.24) is 10.9 Å². The molecule has 0 fully saturated rings. The molecule has 6 rings (SSSR count). The van der Waals surface area contributed by atoms with Crippen LogP contribution in [0.15, 0.2) is 102 Å². The lowest BCUT2D eigenvalue weighted by molar-refractivity contribution is -0.130. The summed E-state index contributed by atoms with van der Waals surface area (Å²) < 4.78 is 12.3. The minimum absolute atomic E-state index is 0.0480. The van der Waals surface area contributed by atoms with Crippen LogP contribution >= 0.6 is 23.2 Å². The number of halogens is 2. The number of carbonyl (C=O) groups is 1. The van der Waals surface area contributed by atoms with Gasteiger partial charge in [0.1, 0.15) is 5.75 Å². The number of aliphatic hydroxyl groups is 1. The van der Waals surface area contributed by atoms with Gasteiger partial charge in [-0.25, -0.2) is 10.4 Å². The number of amides is 1. The Labute approximate surface area is 266 Å². The molecule has 3 N–H and O–H groups in total. The highest BCUT2D eigenvalue weighted by Gasteiger charge is 2.54. The molecule has 2 aliphatic rings. The first-order valence-corrected chi connectivity index (χ1v) is 15.4. The molecule has 0 saturated carbocycles. The molecule has 0 bridgehead atoms. The first kappa shape index (κ1) is 30.2. The fourth-order valence-corrected chi connectivity index (χ4v) is 6.32. The van der Waals surface area contributed by atoms with E-state index in [2.05, 4.69) is 23.0 Å². The summed E-state index contributed by atoms with van der Waals surface area (Å²) in [7, 11) is 0. The van der Waals surface area contributed by atoms with E-state index in [0.717, 1.165) is 18.4 Å². The van der Waals surface area contributed by atoms with Crippen molar-refractivity contribution in [3.8, 4) is 5.75 Å². The van der Waals surface area contributed by atoms with Crippen LogP contribution in [0.2, 0.25) is 10.0 Å². The summed E-state index contributed by atoms with van der Waals surface area (Å²) in [6.45, 7) is 0.468. The Balaban J connectivity index is 1.36. The predicted molar refractivity (Wildman–Crippen MR) is 172 cm³/mol. The van der Waals surface area contributed by atoms with Crippen LogP contribution in [0.1, 0.15) is 40.3 Å². The Kier molecular flexibility index (Phi) is 9.19. The first-order chi connectivity index (χ1) is 21.4. The Bertz CT molecular complexity index is 1620. The summed E-state index contributed by atoms with van der Waals surface area (Å²) >= 11 is 13.0. The predicted octanol–water partition coefficient (Wildman–Crippen LogP) is 6.04. The van der Waals surface area contributed by atoms with Crippen molar-refractivity contribution < 1.29 is 19.4 Å². The molecule has 7 nitrogen and oxygen atoms in total. The number of fused-ring (bicyclic) bond motifs is 1. The second-order valence-electron chi connectivity index (χ2n) is 11.1. The average Bonchev–Trinajstić information content (AvgIpc) is 3.63. The summed E-state index contributed by atoms with van der Waals surface area (Å²) in [4.78, 5) is 19.5. The van der Waals surface area contributed by atoms with Gasteiger partial charge in [0.05, 0.1) is 6.61 Å². The third-order valence-corrected chi connectivity index (χ3v) is 8.59. The molecule has 226 valence electrons. The fraction of sp³-hybridized carbons (Fsp3) is 0.257. The molecular formula is C35H33Cl2N3O4. The molecular weight excluding hydrogens is 597 g/mol. The van der Waals surface area contributed by atoms with Gasteiger partial charge in [-0.1, -0.05) is 83.9 Å². The molecule has 4 aromatic rings. The summed E-state index contributed by atoms with van der Waals surface area (Å²) in [5.41, 5.74) is 9.68. The zero-order valence-electron chi connectivity index (χ0n) is 24.0. The third kappa shape index (κ3) is 6.47. The number of aliphatic hydroxyl groups excluding tert-OH is 1. The van der Waals surface area contributed by atoms with Crippen molar-refractivity contribution in [1.29, 1.82) is 0 Å². The molecule has 1 amide bonds. The number of nitrogens with zero attached hydrogens (tertiary/aromatic N) is 1. The molecule has 1 aliphatic carbocycles. The van der Waals surface area contributed by atoms with E-state index in [-0.39, 0.29) is 25.0 Å². The number of hydrogen-bond donors (Lipinski definition) is 3. The van der Waals surface area contributed by atoms with Gasteiger partial charge in [-0.3, -0.25) is 10.2 Å². The van der Waals surface area contributed by atoms with E-state index in [1.807, 2.05) is 66.7 Å². The number of aliphatic imine (C=N–C) groups is 1. The van der Waals surface area contributed by atoms with Crippen LogP contribution in [0, 0.1) is 0 Å². The monoisotopic (exact) mass is 629 g/mol. The minimum atomic E-state index is -1.40. The second kappa shape index (κ2) is 13.4. The van der Waals surface area contributed by atoms with Crippen molar-refractivity contribution in [3.63, 3.8) is 0 Å². The number of nitrogens with one attached hydrogen (secondary N) is 2. The zero-order valence-corrected chi connectivity index (χ0v) is 25.5. The molecule has 4 aromatic carbocycles. The smallest absolute Gasteiger partial charge is 0.266 e. The fourth-order valence-electron chi connectivity index (χ4n) is 5.82. The second-order valence-corrected chi connectivity index (χ2v) is 11.9. The van der Waals surface area contributed by atoms with E-state index in [1.165, 1.54) is 11.1 Å². The maximum absolute atomic E-state index is 14.5. The van der Waals surface area contributed by atoms with Crippen LogP contribution in [0.3, 0.4) is 0 Å². The maximum atomic E-state index is 14.5. The van der Waals surface area contributed by atoms with Crippen molar-refractivity contribution in [2.45, 2.75) is 43.4 Å². The topological polar surface area (TPSA) is 92.2 Å². The molecule has 1 heterocycles. The zero-order chi connectivity index (χ0) is 30.5. The van der Waals surface area contributed by atoms with Gasteiger partial charge < -0.3 is 14.6 Å². The Morgan fingerprint density at radius 1 is 0.955 bits per heavy atom. The average molecular weight is 631 g/mol. The lowest BCUT2D eigenvalue weighted by Crippen LogP contribution is -2.56. The van der Waals surface area contributed by atoms with E-state index < -0.39 is 11.6 Å². The molecule has 0 aromatic heterocycles. The van der Waals surface area contributed by atoms with Crippen LogP contribution in [0.4, 0.5) is 0 Å². The number of carbonyl (C=O) groups excluding carboxylic acids is 1. The van der Waals surface area contributed by atoms with Crippen LogP contribution in [-0.4, -0.2) is 41.7 Å². The van der Waals surface area contributed by atoms with Gasteiger partial charge in [-0.15, -0.1) is 0 Å². The quantitative estimate of drug-likeness (QED) is 0.139. The van der Waals surface area contributed by atoms with Gasteiger partial charge in [0.15, 0.2) is 11.6 Å². The van der Waals surface area contributed by atoms with Gasteiger partial charge in [0.2, 0.25) is 5.90 Å². The molecule has 0 saturated heterocycles. The molecule has 0 spiro atoms. The number of ether oxygens (including phenoxy) is 2. The number of rotatable bonds is 11. The molecule has 44 heavy (non-hydrogen) atoms. The van der Waals surface area contributed by atoms with Crippen molar-refractivity contribution in [2.75, 3.05) is 13.2 Å². The van der Waals surface area contributed by atoms with Crippen LogP contribution in [0.25, 0.3) is 0 Å². The minimum Gasteiger partial charge on any atom is -0.494 e. The van der Waals surface area contributed by atoms with Crippen molar-refractivity contribution in [2.24, 2.45) is 4.99 Å². The number of hydrogen-bond acceptors (Lipinski definition) is 6. The van der Waals surface area contributed by atoms with E-state index in [0.29, 0.717) is 45.8 Å². The molecule has 1 aliphatic heterocycles. The van der Waals surface area contributed by atoms with E-state index in [4.69, 9.17) is 42.8 Å². The van der Waals surface area contributed by atoms with Gasteiger partial charge in [0.25, 0.3) is 5.91 Å². The van der Waals surface area contributed by atoms with Crippen molar-refractivity contribution >= 4 is 35.0 Å². The normalized spacial score (nSPS) is 19.2. The number of benzene rings is 4. The van der Waals surface area contributed by atoms with E-state index >= 15 is 0 Å². The highest BCUT2D eigenvalue weighted by molar-refractivity contribution is 6.35. The van der Waals surface area contributed by atoms with Gasteiger partial charge in [-0.05, 0) is 65.9 Å². The first-order valence-electron chi connectivity index (χ1n) is 14.7. The summed E-state index contributed by atoms with van der Waals surface area (Å²) in [5.74, 6) is 0.655. The SMILES string of the molecule is O=C(NNC1Cc2ccccc2C1)[C@@]1(Cc2ccccc2)N=C(c2ccc(OCCCO)cc2)O[C@H]1c1ccc(Cl)cc1Cl. The highest BCUT2D eigenvalue weighted by atomic mass is 35.5. The highest BCUT2D eigenvalue weighted by Crippen LogP contribution is 2.45. The molecule has 9 heteroatoms. The lowest BCUT2D eigenvalue weighted by atomic mass is 9.82. The van der Waals surface area contributed by atoms with Gasteiger partial charge >= 0.3 is 0 Å². The third-order valence-electron chi connectivity index (χ3n) is 8.03. The lowest BCUT2D eigenvalue weighted by Gasteiger charge is -2.31. The van der Waals surface area contributed by atoms with Gasteiger partial charge in [-0.2, -0.15) is 0 Å².